The van der Waals surface area contributed by atoms with E-state index >= 15 is 0 Å². The molecule has 1 N–H and O–H groups in total. The monoisotopic (exact) mass is 333 g/mol. The first-order chi connectivity index (χ1) is 9.97. The zero-order valence-electron chi connectivity index (χ0n) is 10.7. The fraction of sp³-hybridized carbons (Fsp3) is 0.250. The summed E-state index contributed by atoms with van der Waals surface area (Å²) in [4.78, 5) is 11.9. The van der Waals surface area contributed by atoms with Gasteiger partial charge in [-0.15, -0.1) is 10.2 Å². The first-order valence-corrected chi connectivity index (χ1v) is 7.00. The molecule has 0 aliphatic carbocycles. The largest absolute Gasteiger partial charge is 0.434 e. The zero-order chi connectivity index (χ0) is 15.4. The molecule has 9 heteroatoms. The van der Waals surface area contributed by atoms with Gasteiger partial charge in [0.05, 0.1) is 6.04 Å². The van der Waals surface area contributed by atoms with Crippen molar-refractivity contribution in [3.63, 3.8) is 0 Å². The maximum absolute atomic E-state index is 12.4. The van der Waals surface area contributed by atoms with E-state index in [0.717, 1.165) is 11.3 Å². The van der Waals surface area contributed by atoms with Crippen molar-refractivity contribution in [3.8, 4) is 5.75 Å². The molecule has 0 aliphatic heterocycles. The Morgan fingerprint density at radius 3 is 2.71 bits per heavy atom. The molecule has 2 aromatic rings. The third-order valence-corrected chi connectivity index (χ3v) is 3.56. The minimum Gasteiger partial charge on any atom is -0.434 e. The fourth-order valence-corrected chi connectivity index (χ4v) is 2.41. The van der Waals surface area contributed by atoms with Crippen molar-refractivity contribution in [1.82, 2.24) is 15.5 Å². The number of alkyl halides is 2. The molecular weight excluding hydrogens is 324 g/mol. The molecule has 1 aromatic carbocycles. The predicted molar refractivity (Wildman–Crippen MR) is 73.9 cm³/mol. The van der Waals surface area contributed by atoms with Gasteiger partial charge in [0.15, 0.2) is 0 Å². The van der Waals surface area contributed by atoms with Crippen LogP contribution in [0.2, 0.25) is 4.47 Å². The first kappa shape index (κ1) is 15.6. The summed E-state index contributed by atoms with van der Waals surface area (Å²) in [5.74, 6) is -0.477. The number of halogens is 3. The molecule has 1 aromatic heterocycles. The van der Waals surface area contributed by atoms with E-state index in [1.165, 1.54) is 6.07 Å². The molecular formula is C12H10ClF2N3O2S. The number of nitrogens with one attached hydrogen (secondary N) is 1. The van der Waals surface area contributed by atoms with E-state index in [9.17, 15) is 13.6 Å². The molecule has 0 saturated carbocycles. The van der Waals surface area contributed by atoms with Crippen LogP contribution in [0.3, 0.4) is 0 Å². The molecule has 0 fully saturated rings. The summed E-state index contributed by atoms with van der Waals surface area (Å²) in [6, 6.07) is 5.69. The second-order valence-electron chi connectivity index (χ2n) is 3.97. The molecule has 0 aliphatic rings. The summed E-state index contributed by atoms with van der Waals surface area (Å²) >= 11 is 6.53. The molecule has 2 rings (SSSR count). The minimum absolute atomic E-state index is 0.00981. The van der Waals surface area contributed by atoms with Crippen LogP contribution in [0.1, 0.15) is 28.3 Å². The highest BCUT2D eigenvalue weighted by Gasteiger charge is 2.19. The number of hydrogen-bond donors (Lipinski definition) is 1. The number of carbonyl (C=O) groups excluding carboxylic acids is 1. The van der Waals surface area contributed by atoms with Crippen molar-refractivity contribution >= 4 is 28.8 Å². The van der Waals surface area contributed by atoms with Crippen molar-refractivity contribution in [2.45, 2.75) is 19.6 Å². The Bertz CT molecular complexity index is 638. The number of benzene rings is 1. The number of nitrogens with zero attached hydrogens (tertiary/aromatic N) is 2. The van der Waals surface area contributed by atoms with Crippen molar-refractivity contribution in [2.75, 3.05) is 0 Å². The average molecular weight is 334 g/mol. The van der Waals surface area contributed by atoms with E-state index < -0.39 is 18.6 Å². The average Bonchev–Trinajstić information content (AvgIpc) is 2.85. The maximum Gasteiger partial charge on any atom is 0.387 e. The van der Waals surface area contributed by atoms with Crippen LogP contribution in [0.4, 0.5) is 8.78 Å². The van der Waals surface area contributed by atoms with E-state index in [-0.39, 0.29) is 15.2 Å². The van der Waals surface area contributed by atoms with E-state index in [0.29, 0.717) is 5.56 Å². The van der Waals surface area contributed by atoms with E-state index in [4.69, 9.17) is 11.6 Å². The lowest BCUT2D eigenvalue weighted by Crippen LogP contribution is -2.27. The van der Waals surface area contributed by atoms with Gasteiger partial charge in [0.25, 0.3) is 5.91 Å². The molecule has 1 unspecified atom stereocenters. The van der Waals surface area contributed by atoms with Crippen LogP contribution in [0, 0.1) is 0 Å². The SMILES string of the molecule is CC(NC(=O)c1nnc(Cl)s1)c1ccccc1OC(F)F. The first-order valence-electron chi connectivity index (χ1n) is 5.81. The molecule has 5 nitrogen and oxygen atoms in total. The third kappa shape index (κ3) is 4.08. The lowest BCUT2D eigenvalue weighted by atomic mass is 10.1. The summed E-state index contributed by atoms with van der Waals surface area (Å²) < 4.78 is 29.3. The van der Waals surface area contributed by atoms with Crippen molar-refractivity contribution in [3.05, 3.63) is 39.3 Å². The minimum atomic E-state index is -2.93. The summed E-state index contributed by atoms with van der Waals surface area (Å²) in [5, 5.41) is 9.85. The molecule has 0 spiro atoms. The van der Waals surface area contributed by atoms with Gasteiger partial charge in [0.2, 0.25) is 9.47 Å². The highest BCUT2D eigenvalue weighted by Crippen LogP contribution is 2.26. The molecule has 112 valence electrons. The van der Waals surface area contributed by atoms with Gasteiger partial charge < -0.3 is 10.1 Å². The van der Waals surface area contributed by atoms with Gasteiger partial charge in [-0.1, -0.05) is 29.5 Å². The molecule has 0 bridgehead atoms. The molecule has 1 amide bonds. The second-order valence-corrected chi connectivity index (χ2v) is 5.53. The van der Waals surface area contributed by atoms with Crippen LogP contribution < -0.4 is 10.1 Å². The lowest BCUT2D eigenvalue weighted by Gasteiger charge is -2.17. The molecule has 0 saturated heterocycles. The molecule has 0 radical (unpaired) electrons. The van der Waals surface area contributed by atoms with Gasteiger partial charge in [-0.2, -0.15) is 8.78 Å². The summed E-state index contributed by atoms with van der Waals surface area (Å²) in [5.41, 5.74) is 0.432. The number of amides is 1. The van der Waals surface area contributed by atoms with Crippen LogP contribution in [0.15, 0.2) is 24.3 Å². The Balaban J connectivity index is 2.13. The van der Waals surface area contributed by atoms with Gasteiger partial charge in [-0.05, 0) is 24.6 Å². The van der Waals surface area contributed by atoms with E-state index in [1.807, 2.05) is 0 Å². The standard InChI is InChI=1S/C12H10ClF2N3O2S/c1-6(16-9(19)10-17-18-11(13)21-10)7-4-2-3-5-8(7)20-12(14)15/h2-6,12H,1H3,(H,16,19). The molecule has 21 heavy (non-hydrogen) atoms. The number of para-hydroxylation sites is 1. The normalized spacial score (nSPS) is 12.2. The van der Waals surface area contributed by atoms with Crippen molar-refractivity contribution < 1.29 is 18.3 Å². The third-order valence-electron chi connectivity index (χ3n) is 2.54. The Hall–Kier alpha value is -1.80. The number of carbonyl (C=O) groups is 1. The van der Waals surface area contributed by atoms with E-state index in [2.05, 4.69) is 20.3 Å². The van der Waals surface area contributed by atoms with Gasteiger partial charge in [0.1, 0.15) is 5.75 Å². The topological polar surface area (TPSA) is 64.1 Å². The maximum atomic E-state index is 12.4. The number of aromatic nitrogens is 2. The summed E-state index contributed by atoms with van der Waals surface area (Å²) in [7, 11) is 0. The Morgan fingerprint density at radius 1 is 1.38 bits per heavy atom. The van der Waals surface area contributed by atoms with Gasteiger partial charge in [-0.3, -0.25) is 4.79 Å². The highest BCUT2D eigenvalue weighted by atomic mass is 35.5. The van der Waals surface area contributed by atoms with Crippen LogP contribution in [-0.2, 0) is 0 Å². The smallest absolute Gasteiger partial charge is 0.387 e. The molecule has 1 atom stereocenters. The lowest BCUT2D eigenvalue weighted by molar-refractivity contribution is -0.0506. The zero-order valence-corrected chi connectivity index (χ0v) is 12.3. The van der Waals surface area contributed by atoms with Crippen LogP contribution in [0.5, 0.6) is 5.75 Å². The van der Waals surface area contributed by atoms with Gasteiger partial charge >= 0.3 is 6.61 Å². The summed E-state index contributed by atoms with van der Waals surface area (Å²) in [6.45, 7) is -1.29. The second kappa shape index (κ2) is 6.77. The van der Waals surface area contributed by atoms with E-state index in [1.54, 1.807) is 25.1 Å². The van der Waals surface area contributed by atoms with Crippen LogP contribution in [0.25, 0.3) is 0 Å². The Labute approximate surface area is 127 Å². The Kier molecular flexibility index (Phi) is 5.03. The predicted octanol–water partition coefficient (Wildman–Crippen LogP) is 3.28. The van der Waals surface area contributed by atoms with Crippen LogP contribution >= 0.6 is 22.9 Å². The van der Waals surface area contributed by atoms with Crippen LogP contribution in [-0.4, -0.2) is 22.7 Å². The number of hydrogen-bond acceptors (Lipinski definition) is 5. The highest BCUT2D eigenvalue weighted by molar-refractivity contribution is 7.17. The van der Waals surface area contributed by atoms with Crippen molar-refractivity contribution in [1.29, 1.82) is 0 Å². The number of ether oxygens (including phenoxy) is 1. The van der Waals surface area contributed by atoms with Gasteiger partial charge in [0, 0.05) is 5.56 Å². The molecule has 1 heterocycles. The Morgan fingerprint density at radius 2 is 2.10 bits per heavy atom. The van der Waals surface area contributed by atoms with Gasteiger partial charge in [-0.25, -0.2) is 0 Å². The number of rotatable bonds is 5. The van der Waals surface area contributed by atoms with Crippen molar-refractivity contribution in [2.24, 2.45) is 0 Å². The quantitative estimate of drug-likeness (QED) is 0.912. The fourth-order valence-electron chi connectivity index (χ4n) is 1.67. The summed E-state index contributed by atoms with van der Waals surface area (Å²) in [6.07, 6.45) is 0.